The first-order valence-corrected chi connectivity index (χ1v) is 5.40. The van der Waals surface area contributed by atoms with Gasteiger partial charge in [0, 0.05) is 0 Å². The second-order valence-electron chi connectivity index (χ2n) is 3.43. The quantitative estimate of drug-likeness (QED) is 0.801. The van der Waals surface area contributed by atoms with E-state index in [1.807, 2.05) is 0 Å². The minimum atomic E-state index is 0.530. The summed E-state index contributed by atoms with van der Waals surface area (Å²) in [5.41, 5.74) is 3.56. The van der Waals surface area contributed by atoms with Crippen LogP contribution in [0.1, 0.15) is 25.3 Å². The second kappa shape index (κ2) is 3.29. The summed E-state index contributed by atoms with van der Waals surface area (Å²) in [6.45, 7) is 4.38. The first-order chi connectivity index (χ1) is 6.18. The highest BCUT2D eigenvalue weighted by Gasteiger charge is 2.07. The summed E-state index contributed by atoms with van der Waals surface area (Å²) in [7, 11) is 0. The number of hydrogen-bond donors (Lipinski definition) is 1. The number of aromatic nitrogens is 2. The lowest BCUT2D eigenvalue weighted by molar-refractivity contribution is 0.873. The highest BCUT2D eigenvalue weighted by molar-refractivity contribution is 14.1. The Labute approximate surface area is 90.9 Å². The van der Waals surface area contributed by atoms with Crippen LogP contribution in [0.25, 0.3) is 11.0 Å². The number of fused-ring (bicyclic) bond motifs is 1. The third-order valence-corrected chi connectivity index (χ3v) is 2.65. The van der Waals surface area contributed by atoms with Crippen molar-refractivity contribution in [1.29, 1.82) is 0 Å². The van der Waals surface area contributed by atoms with E-state index in [1.165, 1.54) is 5.56 Å². The third-order valence-electron chi connectivity index (χ3n) is 2.14. The molecule has 1 N–H and O–H groups in total. The molecular formula is C10H11IN2. The largest absolute Gasteiger partial charge is 0.333 e. The lowest BCUT2D eigenvalue weighted by Gasteiger charge is -2.04. The molecule has 0 saturated carbocycles. The van der Waals surface area contributed by atoms with Crippen molar-refractivity contribution in [3.8, 4) is 0 Å². The molecule has 2 aromatic rings. The number of nitrogens with zero attached hydrogens (tertiary/aromatic N) is 1. The van der Waals surface area contributed by atoms with E-state index in [-0.39, 0.29) is 0 Å². The molecule has 3 heteroatoms. The molecule has 1 aromatic heterocycles. The number of H-pyrrole nitrogens is 1. The normalized spacial score (nSPS) is 11.4. The first-order valence-electron chi connectivity index (χ1n) is 4.32. The number of para-hydroxylation sites is 1. The topological polar surface area (TPSA) is 28.7 Å². The predicted octanol–water partition coefficient (Wildman–Crippen LogP) is 3.29. The van der Waals surface area contributed by atoms with Gasteiger partial charge in [0.25, 0.3) is 0 Å². The summed E-state index contributed by atoms with van der Waals surface area (Å²) < 4.78 is 0.959. The smallest absolute Gasteiger partial charge is 0.169 e. The van der Waals surface area contributed by atoms with Gasteiger partial charge < -0.3 is 4.98 Å². The van der Waals surface area contributed by atoms with Crippen molar-refractivity contribution in [3.63, 3.8) is 0 Å². The van der Waals surface area contributed by atoms with E-state index in [0.717, 1.165) is 14.9 Å². The van der Waals surface area contributed by atoms with Gasteiger partial charge in [-0.15, -0.1) is 0 Å². The molecule has 0 saturated heterocycles. The number of imidazole rings is 1. The Morgan fingerprint density at radius 3 is 2.85 bits per heavy atom. The van der Waals surface area contributed by atoms with E-state index >= 15 is 0 Å². The Bertz CT molecular complexity index is 431. The van der Waals surface area contributed by atoms with E-state index in [4.69, 9.17) is 0 Å². The molecule has 0 fully saturated rings. The first kappa shape index (κ1) is 8.99. The van der Waals surface area contributed by atoms with Gasteiger partial charge in [0.2, 0.25) is 0 Å². The van der Waals surface area contributed by atoms with E-state index in [1.54, 1.807) is 0 Å². The van der Waals surface area contributed by atoms with Gasteiger partial charge in [-0.25, -0.2) is 4.98 Å². The van der Waals surface area contributed by atoms with E-state index < -0.39 is 0 Å². The van der Waals surface area contributed by atoms with Crippen molar-refractivity contribution < 1.29 is 0 Å². The molecule has 0 aliphatic carbocycles. The fourth-order valence-corrected chi connectivity index (χ4v) is 2.02. The Balaban J connectivity index is 2.75. The molecule has 0 amide bonds. The average Bonchev–Trinajstić information content (AvgIpc) is 2.43. The van der Waals surface area contributed by atoms with Crippen molar-refractivity contribution in [2.45, 2.75) is 19.8 Å². The highest BCUT2D eigenvalue weighted by Crippen LogP contribution is 2.23. The van der Waals surface area contributed by atoms with E-state index in [9.17, 15) is 0 Å². The molecular weight excluding hydrogens is 275 g/mol. The molecule has 0 radical (unpaired) electrons. The third kappa shape index (κ3) is 1.57. The molecule has 0 atom stereocenters. The molecule has 0 bridgehead atoms. The highest BCUT2D eigenvalue weighted by atomic mass is 127. The van der Waals surface area contributed by atoms with E-state index in [2.05, 4.69) is 64.6 Å². The van der Waals surface area contributed by atoms with Crippen LogP contribution in [0.3, 0.4) is 0 Å². The van der Waals surface area contributed by atoms with Crippen LogP contribution in [-0.4, -0.2) is 9.97 Å². The van der Waals surface area contributed by atoms with Crippen LogP contribution in [-0.2, 0) is 0 Å². The summed E-state index contributed by atoms with van der Waals surface area (Å²) >= 11 is 2.21. The molecule has 0 aliphatic rings. The Morgan fingerprint density at radius 2 is 2.15 bits per heavy atom. The lowest BCUT2D eigenvalue weighted by Crippen LogP contribution is -1.88. The van der Waals surface area contributed by atoms with Crippen LogP contribution in [0.5, 0.6) is 0 Å². The van der Waals surface area contributed by atoms with Crippen molar-refractivity contribution in [1.82, 2.24) is 9.97 Å². The molecule has 2 nitrogen and oxygen atoms in total. The number of rotatable bonds is 1. The summed E-state index contributed by atoms with van der Waals surface area (Å²) in [6, 6.07) is 6.28. The molecule has 2 rings (SSSR count). The van der Waals surface area contributed by atoms with Gasteiger partial charge in [0.05, 0.1) is 11.0 Å². The Kier molecular flexibility index (Phi) is 2.27. The Morgan fingerprint density at radius 1 is 1.38 bits per heavy atom. The summed E-state index contributed by atoms with van der Waals surface area (Å²) in [5.74, 6) is 0.530. The molecule has 13 heavy (non-hydrogen) atoms. The summed E-state index contributed by atoms with van der Waals surface area (Å²) in [4.78, 5) is 7.69. The fraction of sp³-hybridized carbons (Fsp3) is 0.300. The van der Waals surface area contributed by atoms with Gasteiger partial charge in [0.15, 0.2) is 3.83 Å². The van der Waals surface area contributed by atoms with Crippen LogP contribution < -0.4 is 0 Å². The average molecular weight is 286 g/mol. The number of halogens is 1. The molecule has 0 unspecified atom stereocenters. The van der Waals surface area contributed by atoms with E-state index in [0.29, 0.717) is 5.92 Å². The zero-order valence-electron chi connectivity index (χ0n) is 7.63. The number of nitrogens with one attached hydrogen (secondary N) is 1. The maximum Gasteiger partial charge on any atom is 0.169 e. The zero-order chi connectivity index (χ0) is 9.42. The maximum atomic E-state index is 4.47. The van der Waals surface area contributed by atoms with Gasteiger partial charge >= 0.3 is 0 Å². The SMILES string of the molecule is CC(C)c1cccc2[nH]c(I)nc12. The molecule has 1 aromatic carbocycles. The van der Waals surface area contributed by atoms with Crippen molar-refractivity contribution in [2.75, 3.05) is 0 Å². The minimum absolute atomic E-state index is 0.530. The van der Waals surface area contributed by atoms with Gasteiger partial charge in [-0.1, -0.05) is 26.0 Å². The molecule has 0 aliphatic heterocycles. The van der Waals surface area contributed by atoms with Crippen molar-refractivity contribution in [3.05, 3.63) is 27.6 Å². The van der Waals surface area contributed by atoms with Crippen LogP contribution in [0, 0.1) is 3.83 Å². The number of benzene rings is 1. The maximum absolute atomic E-state index is 4.47. The summed E-state index contributed by atoms with van der Waals surface area (Å²) in [6.07, 6.45) is 0. The zero-order valence-corrected chi connectivity index (χ0v) is 9.79. The van der Waals surface area contributed by atoms with Crippen LogP contribution in [0.15, 0.2) is 18.2 Å². The number of hydrogen-bond acceptors (Lipinski definition) is 1. The van der Waals surface area contributed by atoms with Crippen molar-refractivity contribution >= 4 is 33.6 Å². The van der Waals surface area contributed by atoms with Crippen LogP contribution >= 0.6 is 22.6 Å². The predicted molar refractivity (Wildman–Crippen MR) is 62.9 cm³/mol. The molecule has 1 heterocycles. The second-order valence-corrected chi connectivity index (χ2v) is 4.45. The standard InChI is InChI=1S/C10H11IN2/c1-6(2)7-4-3-5-8-9(7)13-10(11)12-8/h3-6H,1-2H3,(H,12,13). The summed E-state index contributed by atoms with van der Waals surface area (Å²) in [5, 5.41) is 0. The number of aromatic amines is 1. The van der Waals surface area contributed by atoms with Gasteiger partial charge in [-0.05, 0) is 40.1 Å². The monoisotopic (exact) mass is 286 g/mol. The Hall–Kier alpha value is -0.580. The van der Waals surface area contributed by atoms with Crippen molar-refractivity contribution in [2.24, 2.45) is 0 Å². The fourth-order valence-electron chi connectivity index (χ4n) is 1.49. The lowest BCUT2D eigenvalue weighted by atomic mass is 10.0. The minimum Gasteiger partial charge on any atom is -0.333 e. The van der Waals surface area contributed by atoms with Gasteiger partial charge in [-0.3, -0.25) is 0 Å². The van der Waals surface area contributed by atoms with Gasteiger partial charge in [-0.2, -0.15) is 0 Å². The molecule has 0 spiro atoms. The van der Waals surface area contributed by atoms with Crippen LogP contribution in [0.2, 0.25) is 0 Å². The van der Waals surface area contributed by atoms with Gasteiger partial charge in [0.1, 0.15) is 0 Å². The van der Waals surface area contributed by atoms with Crippen LogP contribution in [0.4, 0.5) is 0 Å². The molecule has 68 valence electrons.